The van der Waals surface area contributed by atoms with Gasteiger partial charge in [0.15, 0.2) is 0 Å². The van der Waals surface area contributed by atoms with Crippen molar-refractivity contribution in [1.82, 2.24) is 5.32 Å². The Bertz CT molecular complexity index is 224. The average Bonchev–Trinajstić information content (AvgIpc) is 2.13. The summed E-state index contributed by atoms with van der Waals surface area (Å²) in [7, 11) is 0. The maximum absolute atomic E-state index is 5.28. The minimum atomic E-state index is 0.585. The first kappa shape index (κ1) is 10.2. The molecule has 0 bridgehead atoms. The lowest BCUT2D eigenvalue weighted by Gasteiger charge is -2.43. The van der Waals surface area contributed by atoms with Crippen LogP contribution in [-0.2, 0) is 4.74 Å². The van der Waals surface area contributed by atoms with Gasteiger partial charge >= 0.3 is 0 Å². The second-order valence-electron chi connectivity index (χ2n) is 5.34. The van der Waals surface area contributed by atoms with Crippen LogP contribution in [0.3, 0.4) is 0 Å². The van der Waals surface area contributed by atoms with Gasteiger partial charge in [-0.05, 0) is 24.7 Å². The zero-order chi connectivity index (χ0) is 10.0. The fourth-order valence-electron chi connectivity index (χ4n) is 2.42. The molecular weight excluding hydrogens is 174 g/mol. The monoisotopic (exact) mass is 195 g/mol. The van der Waals surface area contributed by atoms with Gasteiger partial charge in [0.25, 0.3) is 0 Å². The summed E-state index contributed by atoms with van der Waals surface area (Å²) in [6.45, 7) is 7.48. The topological polar surface area (TPSA) is 21.3 Å². The molecule has 1 heterocycles. The van der Waals surface area contributed by atoms with Gasteiger partial charge in [-0.1, -0.05) is 25.5 Å². The summed E-state index contributed by atoms with van der Waals surface area (Å²) in [5.74, 6) is 0. The van der Waals surface area contributed by atoms with E-state index in [2.05, 4.69) is 25.2 Å². The van der Waals surface area contributed by atoms with Crippen molar-refractivity contribution in [1.29, 1.82) is 0 Å². The predicted octanol–water partition coefficient (Wildman–Crippen LogP) is 2.11. The van der Waals surface area contributed by atoms with Crippen molar-refractivity contribution in [3.8, 4) is 0 Å². The Morgan fingerprint density at radius 3 is 2.86 bits per heavy atom. The number of hydrogen-bond donors (Lipinski definition) is 1. The molecule has 0 radical (unpaired) electrons. The van der Waals surface area contributed by atoms with Crippen LogP contribution in [0.5, 0.6) is 0 Å². The molecule has 1 fully saturated rings. The van der Waals surface area contributed by atoms with Crippen LogP contribution in [0.15, 0.2) is 11.6 Å². The van der Waals surface area contributed by atoms with Crippen LogP contribution in [0, 0.1) is 5.41 Å². The van der Waals surface area contributed by atoms with E-state index in [0.29, 0.717) is 5.41 Å². The lowest BCUT2D eigenvalue weighted by Crippen LogP contribution is -2.46. The molecule has 0 aromatic heterocycles. The van der Waals surface area contributed by atoms with Gasteiger partial charge in [-0.3, -0.25) is 0 Å². The van der Waals surface area contributed by atoms with Crippen molar-refractivity contribution in [2.75, 3.05) is 19.8 Å². The zero-order valence-corrected chi connectivity index (χ0v) is 9.31. The van der Waals surface area contributed by atoms with Crippen molar-refractivity contribution in [3.63, 3.8) is 0 Å². The number of nitrogens with one attached hydrogen (secondary N) is 1. The molecule has 0 amide bonds. The molecule has 2 aliphatic rings. The highest BCUT2D eigenvalue weighted by atomic mass is 16.5. The summed E-state index contributed by atoms with van der Waals surface area (Å²) in [5.41, 5.74) is 2.11. The summed E-state index contributed by atoms with van der Waals surface area (Å²) in [4.78, 5) is 0. The van der Waals surface area contributed by atoms with Gasteiger partial charge in [0.2, 0.25) is 0 Å². The van der Waals surface area contributed by atoms with Crippen LogP contribution in [0.2, 0.25) is 0 Å². The van der Waals surface area contributed by atoms with Crippen LogP contribution in [0.4, 0.5) is 0 Å². The molecule has 0 aromatic rings. The maximum atomic E-state index is 5.28. The Labute approximate surface area is 86.7 Å². The van der Waals surface area contributed by atoms with Gasteiger partial charge in [-0.25, -0.2) is 0 Å². The molecule has 2 rings (SSSR count). The van der Waals surface area contributed by atoms with Gasteiger partial charge in [0, 0.05) is 12.6 Å². The number of ether oxygens (including phenoxy) is 1. The summed E-state index contributed by atoms with van der Waals surface area (Å²) in [5, 5.41) is 3.62. The van der Waals surface area contributed by atoms with Crippen molar-refractivity contribution >= 4 is 0 Å². The molecule has 2 nitrogen and oxygen atoms in total. The first-order valence-corrected chi connectivity index (χ1v) is 5.65. The quantitative estimate of drug-likeness (QED) is 0.696. The molecule has 0 aromatic carbocycles. The van der Waals surface area contributed by atoms with Crippen molar-refractivity contribution in [3.05, 3.63) is 11.6 Å². The molecule has 80 valence electrons. The van der Waals surface area contributed by atoms with Crippen LogP contribution >= 0.6 is 0 Å². The van der Waals surface area contributed by atoms with Crippen molar-refractivity contribution in [2.45, 2.75) is 39.2 Å². The Kier molecular flexibility index (Phi) is 2.93. The van der Waals surface area contributed by atoms with Crippen LogP contribution < -0.4 is 5.32 Å². The van der Waals surface area contributed by atoms with Gasteiger partial charge in [0.1, 0.15) is 0 Å². The highest BCUT2D eigenvalue weighted by Crippen LogP contribution is 2.39. The molecular formula is C12H21NO. The molecule has 1 saturated carbocycles. The number of hydrogen-bond acceptors (Lipinski definition) is 2. The summed E-state index contributed by atoms with van der Waals surface area (Å²) >= 11 is 0. The van der Waals surface area contributed by atoms with Crippen LogP contribution in [0.25, 0.3) is 0 Å². The van der Waals surface area contributed by atoms with E-state index in [1.165, 1.54) is 18.4 Å². The van der Waals surface area contributed by atoms with E-state index in [1.807, 2.05) is 0 Å². The Balaban J connectivity index is 1.66. The molecule has 14 heavy (non-hydrogen) atoms. The van der Waals surface area contributed by atoms with E-state index in [4.69, 9.17) is 4.74 Å². The molecule has 0 unspecified atom stereocenters. The van der Waals surface area contributed by atoms with Crippen LogP contribution in [-0.4, -0.2) is 25.8 Å². The van der Waals surface area contributed by atoms with E-state index in [0.717, 1.165) is 32.2 Å². The van der Waals surface area contributed by atoms with E-state index >= 15 is 0 Å². The van der Waals surface area contributed by atoms with E-state index in [-0.39, 0.29) is 0 Å². The van der Waals surface area contributed by atoms with E-state index in [9.17, 15) is 0 Å². The minimum absolute atomic E-state index is 0.585. The standard InChI is InChI=1S/C12H21NO/c1-12(2)7-11(8-12)13-9-10-3-5-14-6-4-10/h3,11,13H,4-9H2,1-2H3. The van der Waals surface area contributed by atoms with E-state index < -0.39 is 0 Å². The van der Waals surface area contributed by atoms with Crippen LogP contribution in [0.1, 0.15) is 33.1 Å². The molecule has 1 aliphatic carbocycles. The highest BCUT2D eigenvalue weighted by Gasteiger charge is 2.35. The smallest absolute Gasteiger partial charge is 0.0650 e. The van der Waals surface area contributed by atoms with Gasteiger partial charge < -0.3 is 10.1 Å². The third-order valence-electron chi connectivity index (χ3n) is 3.27. The van der Waals surface area contributed by atoms with Crippen molar-refractivity contribution < 1.29 is 4.74 Å². The Morgan fingerprint density at radius 1 is 1.50 bits per heavy atom. The Hall–Kier alpha value is -0.340. The highest BCUT2D eigenvalue weighted by molar-refractivity contribution is 5.07. The summed E-state index contributed by atoms with van der Waals surface area (Å²) in [6.07, 6.45) is 6.00. The largest absolute Gasteiger partial charge is 0.377 e. The predicted molar refractivity (Wildman–Crippen MR) is 58.3 cm³/mol. The van der Waals surface area contributed by atoms with Gasteiger partial charge in [0.05, 0.1) is 13.2 Å². The molecule has 1 aliphatic heterocycles. The lowest BCUT2D eigenvalue weighted by molar-refractivity contribution is 0.125. The molecule has 0 atom stereocenters. The minimum Gasteiger partial charge on any atom is -0.377 e. The fourth-order valence-corrected chi connectivity index (χ4v) is 2.42. The maximum Gasteiger partial charge on any atom is 0.0650 e. The summed E-state index contributed by atoms with van der Waals surface area (Å²) in [6, 6.07) is 0.758. The molecule has 1 N–H and O–H groups in total. The third kappa shape index (κ3) is 2.58. The normalized spacial score (nSPS) is 26.9. The molecule has 0 spiro atoms. The molecule has 0 saturated heterocycles. The first-order valence-electron chi connectivity index (χ1n) is 5.65. The Morgan fingerprint density at radius 2 is 2.29 bits per heavy atom. The average molecular weight is 195 g/mol. The summed E-state index contributed by atoms with van der Waals surface area (Å²) < 4.78 is 5.28. The first-order chi connectivity index (χ1) is 6.66. The third-order valence-corrected chi connectivity index (χ3v) is 3.27. The molecule has 2 heteroatoms. The zero-order valence-electron chi connectivity index (χ0n) is 9.31. The fraction of sp³-hybridized carbons (Fsp3) is 0.833. The van der Waals surface area contributed by atoms with E-state index in [1.54, 1.807) is 0 Å². The second-order valence-corrected chi connectivity index (χ2v) is 5.34. The lowest BCUT2D eigenvalue weighted by atomic mass is 9.68. The van der Waals surface area contributed by atoms with Gasteiger partial charge in [-0.2, -0.15) is 0 Å². The SMILES string of the molecule is CC1(C)CC(NCC2=CCOCC2)C1. The van der Waals surface area contributed by atoms with Crippen molar-refractivity contribution in [2.24, 2.45) is 5.41 Å². The van der Waals surface area contributed by atoms with Gasteiger partial charge in [-0.15, -0.1) is 0 Å². The second kappa shape index (κ2) is 4.03. The number of rotatable bonds is 3.